The highest BCUT2D eigenvalue weighted by Crippen LogP contribution is 2.27. The summed E-state index contributed by atoms with van der Waals surface area (Å²) in [7, 11) is 0. The zero-order chi connectivity index (χ0) is 8.43. The topological polar surface area (TPSA) is 17.1 Å². The third-order valence-electron chi connectivity index (χ3n) is 1.25. The fraction of sp³-hybridized carbons (Fsp3) is 0.286. The number of aryl methyl sites for hydroxylation is 1. The van der Waals surface area contributed by atoms with E-state index in [1.165, 1.54) is 11.3 Å². The molecule has 0 aliphatic rings. The summed E-state index contributed by atoms with van der Waals surface area (Å²) < 4.78 is 0.665. The second kappa shape index (κ2) is 3.57. The molecule has 0 aromatic carbocycles. The number of rotatable bonds is 2. The Kier molecular flexibility index (Phi) is 2.93. The van der Waals surface area contributed by atoms with Crippen LogP contribution in [0.25, 0.3) is 0 Å². The first-order chi connectivity index (χ1) is 5.15. The fourth-order valence-corrected chi connectivity index (χ4v) is 2.02. The highest BCUT2D eigenvalue weighted by molar-refractivity contribution is 7.18. The summed E-state index contributed by atoms with van der Waals surface area (Å²) in [5.74, 6) is -0.0392. The second-order valence-corrected chi connectivity index (χ2v) is 4.05. The van der Waals surface area contributed by atoms with Crippen molar-refractivity contribution in [2.45, 2.75) is 6.92 Å². The molecule has 0 aliphatic heterocycles. The van der Waals surface area contributed by atoms with Crippen LogP contribution in [0.1, 0.15) is 15.2 Å². The maximum absolute atomic E-state index is 11.0. The van der Waals surface area contributed by atoms with Crippen molar-refractivity contribution in [3.05, 3.63) is 20.8 Å². The Bertz CT molecular complexity index is 260. The summed E-state index contributed by atoms with van der Waals surface area (Å²) in [6.07, 6.45) is 0. The maximum Gasteiger partial charge on any atom is 0.187 e. The van der Waals surface area contributed by atoms with Crippen molar-refractivity contribution >= 4 is 40.3 Å². The van der Waals surface area contributed by atoms with Gasteiger partial charge in [-0.2, -0.15) is 0 Å². The van der Waals surface area contributed by atoms with E-state index >= 15 is 0 Å². The molecule has 0 saturated heterocycles. The van der Waals surface area contributed by atoms with Gasteiger partial charge >= 0.3 is 0 Å². The number of carbonyl (C=O) groups excluding carboxylic acids is 1. The largest absolute Gasteiger partial charge is 0.292 e. The summed E-state index contributed by atoms with van der Waals surface area (Å²) in [5, 5.41) is 0. The fourth-order valence-electron chi connectivity index (χ4n) is 0.663. The number of carbonyl (C=O) groups is 1. The highest BCUT2D eigenvalue weighted by atomic mass is 35.5. The van der Waals surface area contributed by atoms with Gasteiger partial charge in [0.25, 0.3) is 0 Å². The number of thiophene rings is 1. The lowest BCUT2D eigenvalue weighted by Crippen LogP contribution is -1.95. The van der Waals surface area contributed by atoms with Gasteiger partial charge < -0.3 is 0 Å². The molecule has 0 spiro atoms. The van der Waals surface area contributed by atoms with E-state index in [9.17, 15) is 4.79 Å². The molecule has 11 heavy (non-hydrogen) atoms. The standard InChI is InChI=1S/C7H6Cl2OS/c1-4-2-6(5(10)3-8)11-7(4)9/h2H,3H2,1H3. The number of hydrogen-bond acceptors (Lipinski definition) is 2. The molecule has 1 nitrogen and oxygen atoms in total. The molecular formula is C7H6Cl2OS. The van der Waals surface area contributed by atoms with Gasteiger partial charge in [-0.25, -0.2) is 0 Å². The second-order valence-electron chi connectivity index (χ2n) is 2.12. The molecule has 0 radical (unpaired) electrons. The molecule has 1 rings (SSSR count). The predicted molar refractivity (Wildman–Crippen MR) is 49.1 cm³/mol. The number of halogens is 2. The average molecular weight is 209 g/mol. The smallest absolute Gasteiger partial charge is 0.187 e. The normalized spacial score (nSPS) is 10.1. The number of hydrogen-bond donors (Lipinski definition) is 0. The number of alkyl halides is 1. The van der Waals surface area contributed by atoms with Crippen LogP contribution in [0.5, 0.6) is 0 Å². The Morgan fingerprint density at radius 1 is 1.73 bits per heavy atom. The molecule has 1 aromatic rings. The first-order valence-corrected chi connectivity index (χ1v) is 4.73. The van der Waals surface area contributed by atoms with E-state index in [2.05, 4.69) is 0 Å². The van der Waals surface area contributed by atoms with Crippen LogP contribution in [-0.2, 0) is 0 Å². The molecule has 0 saturated carbocycles. The van der Waals surface area contributed by atoms with Gasteiger partial charge in [0.1, 0.15) is 0 Å². The minimum Gasteiger partial charge on any atom is -0.292 e. The van der Waals surface area contributed by atoms with Gasteiger partial charge in [-0.15, -0.1) is 22.9 Å². The quantitative estimate of drug-likeness (QED) is 0.540. The van der Waals surface area contributed by atoms with Gasteiger partial charge in [0.15, 0.2) is 5.78 Å². The Labute approximate surface area is 78.9 Å². The monoisotopic (exact) mass is 208 g/mol. The molecule has 0 unspecified atom stereocenters. The van der Waals surface area contributed by atoms with E-state index in [-0.39, 0.29) is 11.7 Å². The Balaban J connectivity index is 2.97. The molecule has 1 aromatic heterocycles. The average Bonchev–Trinajstić information content (AvgIpc) is 2.31. The van der Waals surface area contributed by atoms with Crippen LogP contribution in [-0.4, -0.2) is 11.7 Å². The first kappa shape index (κ1) is 9.04. The van der Waals surface area contributed by atoms with Crippen LogP contribution < -0.4 is 0 Å². The third-order valence-corrected chi connectivity index (χ3v) is 3.09. The molecule has 0 atom stereocenters. The van der Waals surface area contributed by atoms with Crippen LogP contribution in [0.15, 0.2) is 6.07 Å². The minimum absolute atomic E-state index is 0.0241. The third kappa shape index (κ3) is 1.95. The summed E-state index contributed by atoms with van der Waals surface area (Å²) in [4.78, 5) is 11.6. The summed E-state index contributed by atoms with van der Waals surface area (Å²) in [6, 6.07) is 1.76. The summed E-state index contributed by atoms with van der Waals surface area (Å²) in [6.45, 7) is 1.86. The lowest BCUT2D eigenvalue weighted by Gasteiger charge is -1.85. The lowest BCUT2D eigenvalue weighted by molar-refractivity contribution is 0.102. The predicted octanol–water partition coefficient (Wildman–Crippen LogP) is 3.13. The molecule has 1 heterocycles. The van der Waals surface area contributed by atoms with Crippen molar-refractivity contribution in [3.63, 3.8) is 0 Å². The van der Waals surface area contributed by atoms with Crippen molar-refractivity contribution < 1.29 is 4.79 Å². The van der Waals surface area contributed by atoms with E-state index in [1.807, 2.05) is 6.92 Å². The van der Waals surface area contributed by atoms with E-state index in [4.69, 9.17) is 23.2 Å². The molecule has 0 amide bonds. The van der Waals surface area contributed by atoms with Crippen LogP contribution in [0.4, 0.5) is 0 Å². The maximum atomic E-state index is 11.0. The van der Waals surface area contributed by atoms with Crippen molar-refractivity contribution in [1.82, 2.24) is 0 Å². The number of ketones is 1. The van der Waals surface area contributed by atoms with Crippen LogP contribution >= 0.6 is 34.5 Å². The Morgan fingerprint density at radius 3 is 2.73 bits per heavy atom. The van der Waals surface area contributed by atoms with Gasteiger partial charge in [-0.05, 0) is 18.6 Å². The van der Waals surface area contributed by atoms with Gasteiger partial charge in [-0.3, -0.25) is 4.79 Å². The van der Waals surface area contributed by atoms with Gasteiger partial charge in [-0.1, -0.05) is 11.6 Å². The molecule has 0 fully saturated rings. The molecular weight excluding hydrogens is 203 g/mol. The lowest BCUT2D eigenvalue weighted by atomic mass is 10.3. The Hall–Kier alpha value is -0.0500. The molecule has 60 valence electrons. The van der Waals surface area contributed by atoms with E-state index in [1.54, 1.807) is 6.07 Å². The van der Waals surface area contributed by atoms with Crippen LogP contribution in [0, 0.1) is 6.92 Å². The van der Waals surface area contributed by atoms with E-state index in [0.717, 1.165) is 5.56 Å². The first-order valence-electron chi connectivity index (χ1n) is 3.00. The van der Waals surface area contributed by atoms with Crippen LogP contribution in [0.2, 0.25) is 4.34 Å². The van der Waals surface area contributed by atoms with E-state index in [0.29, 0.717) is 9.21 Å². The number of Topliss-reactive ketones (excluding diaryl/α,β-unsaturated/α-hetero) is 1. The SMILES string of the molecule is Cc1cc(C(=O)CCl)sc1Cl. The van der Waals surface area contributed by atoms with Crippen molar-refractivity contribution in [1.29, 1.82) is 0 Å². The van der Waals surface area contributed by atoms with Gasteiger partial charge in [0.2, 0.25) is 0 Å². The summed E-state index contributed by atoms with van der Waals surface area (Å²) in [5.41, 5.74) is 0.935. The van der Waals surface area contributed by atoms with E-state index < -0.39 is 0 Å². The van der Waals surface area contributed by atoms with Crippen LogP contribution in [0.3, 0.4) is 0 Å². The van der Waals surface area contributed by atoms with Crippen molar-refractivity contribution in [2.24, 2.45) is 0 Å². The molecule has 4 heteroatoms. The molecule has 0 bridgehead atoms. The van der Waals surface area contributed by atoms with Crippen molar-refractivity contribution in [2.75, 3.05) is 5.88 Å². The molecule has 0 aliphatic carbocycles. The highest BCUT2D eigenvalue weighted by Gasteiger charge is 2.09. The zero-order valence-corrected chi connectivity index (χ0v) is 8.19. The Morgan fingerprint density at radius 2 is 2.36 bits per heavy atom. The van der Waals surface area contributed by atoms with Crippen molar-refractivity contribution in [3.8, 4) is 0 Å². The van der Waals surface area contributed by atoms with Gasteiger partial charge in [0, 0.05) is 0 Å². The summed E-state index contributed by atoms with van der Waals surface area (Å²) >= 11 is 12.4. The zero-order valence-electron chi connectivity index (χ0n) is 5.86. The van der Waals surface area contributed by atoms with Gasteiger partial charge in [0.05, 0.1) is 15.1 Å². The minimum atomic E-state index is -0.0633. The molecule has 0 N–H and O–H groups in total.